The van der Waals surface area contributed by atoms with Crippen molar-refractivity contribution in [1.29, 1.82) is 0 Å². The number of rotatable bonds is 2. The number of piperazine rings is 1. The van der Waals surface area contributed by atoms with Crippen LogP contribution < -0.4 is 10.2 Å². The zero-order chi connectivity index (χ0) is 15.4. The molecule has 0 unspecified atom stereocenters. The van der Waals surface area contributed by atoms with E-state index in [1.807, 2.05) is 18.2 Å². The Balaban J connectivity index is 1.57. The van der Waals surface area contributed by atoms with Crippen molar-refractivity contribution in [2.45, 2.75) is 6.92 Å². The zero-order valence-corrected chi connectivity index (χ0v) is 13.4. The minimum Gasteiger partial charge on any atom is -0.345 e. The highest BCUT2D eigenvalue weighted by molar-refractivity contribution is 7.80. The first kappa shape index (κ1) is 14.7. The highest BCUT2D eigenvalue weighted by Crippen LogP contribution is 2.15. The molecule has 0 atom stereocenters. The van der Waals surface area contributed by atoms with Gasteiger partial charge in [-0.1, -0.05) is 18.2 Å². The Morgan fingerprint density at radius 3 is 2.41 bits per heavy atom. The molecule has 6 heteroatoms. The van der Waals surface area contributed by atoms with Crippen LogP contribution in [0.15, 0.2) is 42.7 Å². The summed E-state index contributed by atoms with van der Waals surface area (Å²) in [6.45, 7) is 5.57. The van der Waals surface area contributed by atoms with E-state index >= 15 is 0 Å². The van der Waals surface area contributed by atoms with E-state index in [0.717, 1.165) is 42.9 Å². The number of benzene rings is 1. The van der Waals surface area contributed by atoms with E-state index in [1.165, 1.54) is 5.56 Å². The molecule has 0 bridgehead atoms. The molecule has 1 fully saturated rings. The van der Waals surface area contributed by atoms with Crippen LogP contribution in [-0.4, -0.2) is 46.2 Å². The standard InChI is InChI=1S/C16H19N5S/c1-13-5-2-3-6-14(13)19-16(22)21-11-9-20(10-12-21)15-17-7-4-8-18-15/h2-8H,9-12H2,1H3,(H,19,22). The van der Waals surface area contributed by atoms with Gasteiger partial charge < -0.3 is 15.1 Å². The number of thiocarbonyl (C=S) groups is 1. The summed E-state index contributed by atoms with van der Waals surface area (Å²) in [4.78, 5) is 13.0. The lowest BCUT2D eigenvalue weighted by Crippen LogP contribution is -2.50. The van der Waals surface area contributed by atoms with Gasteiger partial charge in [0, 0.05) is 44.3 Å². The number of hydrogen-bond donors (Lipinski definition) is 1. The minimum atomic E-state index is 0.780. The van der Waals surface area contributed by atoms with Gasteiger partial charge in [0.15, 0.2) is 5.11 Å². The third-order valence-electron chi connectivity index (χ3n) is 3.79. The molecule has 0 aliphatic carbocycles. The Kier molecular flexibility index (Phi) is 4.48. The maximum atomic E-state index is 5.54. The van der Waals surface area contributed by atoms with Crippen LogP contribution in [0.3, 0.4) is 0 Å². The van der Waals surface area contributed by atoms with Crippen molar-refractivity contribution in [3.8, 4) is 0 Å². The monoisotopic (exact) mass is 313 g/mol. The maximum Gasteiger partial charge on any atom is 0.225 e. The lowest BCUT2D eigenvalue weighted by Gasteiger charge is -2.36. The average molecular weight is 313 g/mol. The van der Waals surface area contributed by atoms with Crippen molar-refractivity contribution >= 4 is 29.0 Å². The summed E-state index contributed by atoms with van der Waals surface area (Å²) in [6.07, 6.45) is 3.55. The van der Waals surface area contributed by atoms with Crippen LogP contribution >= 0.6 is 12.2 Å². The minimum absolute atomic E-state index is 0.780. The predicted molar refractivity (Wildman–Crippen MR) is 93.2 cm³/mol. The average Bonchev–Trinajstić information content (AvgIpc) is 2.58. The molecule has 1 N–H and O–H groups in total. The Morgan fingerprint density at radius 2 is 1.73 bits per heavy atom. The Hall–Kier alpha value is -2.21. The normalized spacial score (nSPS) is 14.8. The van der Waals surface area contributed by atoms with E-state index in [-0.39, 0.29) is 0 Å². The summed E-state index contributed by atoms with van der Waals surface area (Å²) < 4.78 is 0. The molecule has 1 saturated heterocycles. The third kappa shape index (κ3) is 3.33. The smallest absolute Gasteiger partial charge is 0.225 e. The molecule has 22 heavy (non-hydrogen) atoms. The Morgan fingerprint density at radius 1 is 1.05 bits per heavy atom. The second kappa shape index (κ2) is 6.70. The van der Waals surface area contributed by atoms with Crippen molar-refractivity contribution < 1.29 is 0 Å². The molecule has 0 spiro atoms. The number of hydrogen-bond acceptors (Lipinski definition) is 4. The number of aromatic nitrogens is 2. The molecule has 0 radical (unpaired) electrons. The van der Waals surface area contributed by atoms with E-state index < -0.39 is 0 Å². The number of para-hydroxylation sites is 1. The van der Waals surface area contributed by atoms with Crippen molar-refractivity contribution in [3.63, 3.8) is 0 Å². The highest BCUT2D eigenvalue weighted by Gasteiger charge is 2.20. The summed E-state index contributed by atoms with van der Waals surface area (Å²) in [5, 5.41) is 4.12. The van der Waals surface area contributed by atoms with Crippen LogP contribution in [0, 0.1) is 6.92 Å². The number of aryl methyl sites for hydroxylation is 1. The quantitative estimate of drug-likeness (QED) is 0.858. The second-order valence-electron chi connectivity index (χ2n) is 5.27. The molecule has 114 valence electrons. The fourth-order valence-electron chi connectivity index (χ4n) is 2.47. The molecule has 1 aliphatic rings. The lowest BCUT2D eigenvalue weighted by atomic mass is 10.2. The van der Waals surface area contributed by atoms with Crippen molar-refractivity contribution in [3.05, 3.63) is 48.3 Å². The molecule has 2 aromatic rings. The van der Waals surface area contributed by atoms with Crippen LogP contribution in [0.4, 0.5) is 11.6 Å². The number of nitrogens with zero attached hydrogens (tertiary/aromatic N) is 4. The van der Waals surface area contributed by atoms with Gasteiger partial charge in [-0.2, -0.15) is 0 Å². The van der Waals surface area contributed by atoms with Gasteiger partial charge >= 0.3 is 0 Å². The molecule has 2 heterocycles. The van der Waals surface area contributed by atoms with E-state index in [1.54, 1.807) is 12.4 Å². The summed E-state index contributed by atoms with van der Waals surface area (Å²) >= 11 is 5.54. The van der Waals surface area contributed by atoms with Gasteiger partial charge in [0.2, 0.25) is 5.95 Å². The summed E-state index contributed by atoms with van der Waals surface area (Å²) in [5.41, 5.74) is 2.27. The predicted octanol–water partition coefficient (Wildman–Crippen LogP) is 2.30. The third-order valence-corrected chi connectivity index (χ3v) is 4.15. The van der Waals surface area contributed by atoms with E-state index in [2.05, 4.69) is 44.1 Å². The fraction of sp³-hybridized carbons (Fsp3) is 0.312. The number of nitrogens with one attached hydrogen (secondary N) is 1. The lowest BCUT2D eigenvalue weighted by molar-refractivity contribution is 0.388. The molecular formula is C16H19N5S. The van der Waals surface area contributed by atoms with Crippen LogP contribution in [0.5, 0.6) is 0 Å². The van der Waals surface area contributed by atoms with E-state index in [4.69, 9.17) is 12.2 Å². The van der Waals surface area contributed by atoms with Gasteiger partial charge in [-0.15, -0.1) is 0 Å². The van der Waals surface area contributed by atoms with Gasteiger partial charge in [-0.25, -0.2) is 9.97 Å². The maximum absolute atomic E-state index is 5.54. The SMILES string of the molecule is Cc1ccccc1NC(=S)N1CCN(c2ncccn2)CC1. The molecule has 5 nitrogen and oxygen atoms in total. The first-order valence-corrected chi connectivity index (χ1v) is 7.78. The first-order chi connectivity index (χ1) is 10.7. The largest absolute Gasteiger partial charge is 0.345 e. The number of anilines is 2. The topological polar surface area (TPSA) is 44.3 Å². The Labute approximate surface area is 136 Å². The van der Waals surface area contributed by atoms with Gasteiger partial charge in [0.1, 0.15) is 0 Å². The molecule has 1 aliphatic heterocycles. The molecule has 0 saturated carbocycles. The summed E-state index contributed by atoms with van der Waals surface area (Å²) in [7, 11) is 0. The molecule has 3 rings (SSSR count). The van der Waals surface area contributed by atoms with E-state index in [0.29, 0.717) is 0 Å². The molecule has 1 aromatic carbocycles. The van der Waals surface area contributed by atoms with Crippen LogP contribution in [0.25, 0.3) is 0 Å². The van der Waals surface area contributed by atoms with Gasteiger partial charge in [-0.05, 0) is 36.8 Å². The Bertz CT molecular complexity index is 638. The van der Waals surface area contributed by atoms with E-state index in [9.17, 15) is 0 Å². The van der Waals surface area contributed by atoms with Gasteiger partial charge in [0.25, 0.3) is 0 Å². The molecule has 0 amide bonds. The summed E-state index contributed by atoms with van der Waals surface area (Å²) in [6, 6.07) is 10.0. The van der Waals surface area contributed by atoms with Crippen molar-refractivity contribution in [1.82, 2.24) is 14.9 Å². The zero-order valence-electron chi connectivity index (χ0n) is 12.6. The van der Waals surface area contributed by atoms with Crippen molar-refractivity contribution in [2.24, 2.45) is 0 Å². The highest BCUT2D eigenvalue weighted by atomic mass is 32.1. The molecule has 1 aromatic heterocycles. The fourth-order valence-corrected chi connectivity index (χ4v) is 2.76. The summed E-state index contributed by atoms with van der Waals surface area (Å²) in [5.74, 6) is 0.792. The second-order valence-corrected chi connectivity index (χ2v) is 5.65. The van der Waals surface area contributed by atoms with Crippen molar-refractivity contribution in [2.75, 3.05) is 36.4 Å². The van der Waals surface area contributed by atoms with Crippen LogP contribution in [0.2, 0.25) is 0 Å². The van der Waals surface area contributed by atoms with Crippen LogP contribution in [-0.2, 0) is 0 Å². The molecular weight excluding hydrogens is 294 g/mol. The first-order valence-electron chi connectivity index (χ1n) is 7.37. The van der Waals surface area contributed by atoms with Crippen LogP contribution in [0.1, 0.15) is 5.56 Å². The van der Waals surface area contributed by atoms with Gasteiger partial charge in [-0.3, -0.25) is 0 Å². The van der Waals surface area contributed by atoms with Gasteiger partial charge in [0.05, 0.1) is 0 Å².